The minimum absolute atomic E-state index is 0.119. The fourth-order valence-electron chi connectivity index (χ4n) is 2.40. The number of pyridine rings is 1. The van der Waals surface area contributed by atoms with Gasteiger partial charge in [-0.05, 0) is 40.8 Å². The third-order valence-corrected chi connectivity index (χ3v) is 3.84. The Labute approximate surface area is 149 Å². The van der Waals surface area contributed by atoms with Crippen LogP contribution in [-0.4, -0.2) is 38.3 Å². The summed E-state index contributed by atoms with van der Waals surface area (Å²) in [4.78, 5) is 16.4. The number of methoxy groups -OCH3 is 1. The molecule has 1 aromatic carbocycles. The highest BCUT2D eigenvalue weighted by atomic mass is 35.5. The number of carbonyl (C=O) groups excluding carboxylic acids is 1. The van der Waals surface area contributed by atoms with E-state index in [9.17, 15) is 4.79 Å². The molecule has 0 N–H and O–H groups in total. The van der Waals surface area contributed by atoms with Gasteiger partial charge in [0.25, 0.3) is 0 Å². The van der Waals surface area contributed by atoms with Crippen molar-refractivity contribution in [3.8, 4) is 16.9 Å². The number of rotatable bonds is 4. The van der Waals surface area contributed by atoms with Crippen LogP contribution in [0.1, 0.15) is 35.9 Å². The van der Waals surface area contributed by atoms with Crippen molar-refractivity contribution in [3.05, 3.63) is 52.9 Å². The maximum Gasteiger partial charge on any atom is 0.337 e. The molecule has 0 radical (unpaired) electrons. The van der Waals surface area contributed by atoms with E-state index in [0.29, 0.717) is 27.8 Å². The fraction of sp³-hybridized carbons (Fsp3) is 0.235. The van der Waals surface area contributed by atoms with E-state index in [4.69, 9.17) is 16.3 Å². The molecule has 25 heavy (non-hydrogen) atoms. The van der Waals surface area contributed by atoms with Gasteiger partial charge in [0, 0.05) is 17.7 Å². The molecule has 3 aromatic rings. The van der Waals surface area contributed by atoms with Crippen LogP contribution in [0.5, 0.6) is 0 Å². The monoisotopic (exact) mass is 357 g/mol. The molecule has 0 amide bonds. The van der Waals surface area contributed by atoms with E-state index in [1.54, 1.807) is 35.1 Å². The van der Waals surface area contributed by atoms with Crippen LogP contribution in [0.15, 0.2) is 36.5 Å². The Morgan fingerprint density at radius 2 is 2.04 bits per heavy atom. The molecule has 0 atom stereocenters. The summed E-state index contributed by atoms with van der Waals surface area (Å²) in [6, 6.07) is 8.79. The average Bonchev–Trinajstić information content (AvgIpc) is 3.11. The third kappa shape index (κ3) is 3.51. The molecule has 2 aromatic heterocycles. The van der Waals surface area contributed by atoms with Crippen LogP contribution in [0.2, 0.25) is 5.02 Å². The molecule has 128 valence electrons. The topological polar surface area (TPSA) is 82.8 Å². The van der Waals surface area contributed by atoms with Crippen molar-refractivity contribution in [2.45, 2.75) is 19.8 Å². The van der Waals surface area contributed by atoms with E-state index >= 15 is 0 Å². The number of nitrogens with zero attached hydrogens (tertiary/aromatic N) is 5. The Hall–Kier alpha value is -2.80. The molecule has 0 saturated heterocycles. The molecule has 2 heterocycles. The first-order chi connectivity index (χ1) is 12.0. The van der Waals surface area contributed by atoms with Gasteiger partial charge in [-0.15, -0.1) is 5.10 Å². The van der Waals surface area contributed by atoms with Crippen molar-refractivity contribution in [3.63, 3.8) is 0 Å². The second-order valence-electron chi connectivity index (χ2n) is 5.73. The molecule has 0 bridgehead atoms. The molecular formula is C17H16ClN5O2. The number of esters is 1. The number of ether oxygens (including phenoxy) is 1. The number of carbonyl (C=O) groups is 1. The lowest BCUT2D eigenvalue weighted by atomic mass is 10.1. The quantitative estimate of drug-likeness (QED) is 0.666. The minimum atomic E-state index is -0.448. The lowest BCUT2D eigenvalue weighted by Gasteiger charge is -2.11. The van der Waals surface area contributed by atoms with Crippen LogP contribution in [-0.2, 0) is 4.74 Å². The Bertz CT molecular complexity index is 906. The van der Waals surface area contributed by atoms with Crippen LogP contribution >= 0.6 is 11.6 Å². The standard InChI is InChI=1S/C17H16ClN5O2/c1-10(2)16-20-21-22-23(16)14-7-11(6-12(8-14)17(24)25-3)15-5-4-13(18)9-19-15/h4-10H,1-3H3. The first kappa shape index (κ1) is 17.0. The maximum atomic E-state index is 12.1. The van der Waals surface area contributed by atoms with Crippen molar-refractivity contribution in [2.24, 2.45) is 0 Å². The minimum Gasteiger partial charge on any atom is -0.465 e. The third-order valence-electron chi connectivity index (χ3n) is 3.62. The summed E-state index contributed by atoms with van der Waals surface area (Å²) >= 11 is 5.90. The van der Waals surface area contributed by atoms with Gasteiger partial charge in [-0.25, -0.2) is 4.79 Å². The number of tetrazole rings is 1. The maximum absolute atomic E-state index is 12.1. The molecule has 0 saturated carbocycles. The van der Waals surface area contributed by atoms with Crippen molar-refractivity contribution >= 4 is 17.6 Å². The lowest BCUT2D eigenvalue weighted by Crippen LogP contribution is -2.08. The summed E-state index contributed by atoms with van der Waals surface area (Å²) in [6.45, 7) is 3.99. The highest BCUT2D eigenvalue weighted by Crippen LogP contribution is 2.25. The highest BCUT2D eigenvalue weighted by Gasteiger charge is 2.16. The second kappa shape index (κ2) is 6.98. The average molecular weight is 358 g/mol. The summed E-state index contributed by atoms with van der Waals surface area (Å²) in [7, 11) is 1.34. The molecule has 0 aliphatic heterocycles. The molecule has 7 nitrogen and oxygen atoms in total. The van der Waals surface area contributed by atoms with Gasteiger partial charge in [0.1, 0.15) is 0 Å². The smallest absolute Gasteiger partial charge is 0.337 e. The summed E-state index contributed by atoms with van der Waals surface area (Å²) in [5.74, 6) is 0.363. The first-order valence-electron chi connectivity index (χ1n) is 7.63. The number of hydrogen-bond acceptors (Lipinski definition) is 6. The van der Waals surface area contributed by atoms with E-state index in [1.807, 2.05) is 19.9 Å². The van der Waals surface area contributed by atoms with E-state index in [2.05, 4.69) is 20.5 Å². The van der Waals surface area contributed by atoms with Crippen LogP contribution in [0.4, 0.5) is 0 Å². The molecular weight excluding hydrogens is 342 g/mol. The van der Waals surface area contributed by atoms with E-state index < -0.39 is 5.97 Å². The molecule has 8 heteroatoms. The first-order valence-corrected chi connectivity index (χ1v) is 8.01. The zero-order valence-electron chi connectivity index (χ0n) is 14.0. The summed E-state index contributed by atoms with van der Waals surface area (Å²) in [5.41, 5.74) is 2.45. The van der Waals surface area contributed by atoms with E-state index in [1.165, 1.54) is 7.11 Å². The van der Waals surface area contributed by atoms with Crippen LogP contribution in [0.3, 0.4) is 0 Å². The summed E-state index contributed by atoms with van der Waals surface area (Å²) in [5, 5.41) is 12.4. The second-order valence-corrected chi connectivity index (χ2v) is 6.16. The highest BCUT2D eigenvalue weighted by molar-refractivity contribution is 6.30. The van der Waals surface area contributed by atoms with Gasteiger partial charge in [0.05, 0.1) is 29.1 Å². The fourth-order valence-corrected chi connectivity index (χ4v) is 2.51. The van der Waals surface area contributed by atoms with Crippen molar-refractivity contribution in [1.29, 1.82) is 0 Å². The van der Waals surface area contributed by atoms with Gasteiger partial charge < -0.3 is 4.74 Å². The Kier molecular flexibility index (Phi) is 4.76. The Morgan fingerprint density at radius 3 is 2.68 bits per heavy atom. The van der Waals surface area contributed by atoms with Crippen molar-refractivity contribution in [1.82, 2.24) is 25.2 Å². The largest absolute Gasteiger partial charge is 0.465 e. The molecule has 3 rings (SSSR count). The predicted molar refractivity (Wildman–Crippen MR) is 92.8 cm³/mol. The van der Waals surface area contributed by atoms with Gasteiger partial charge >= 0.3 is 5.97 Å². The van der Waals surface area contributed by atoms with Crippen LogP contribution in [0, 0.1) is 0 Å². The molecule has 0 aliphatic carbocycles. The van der Waals surface area contributed by atoms with Crippen molar-refractivity contribution < 1.29 is 9.53 Å². The number of halogens is 1. The summed E-state index contributed by atoms with van der Waals surface area (Å²) in [6.07, 6.45) is 1.55. The van der Waals surface area contributed by atoms with E-state index in [0.717, 1.165) is 5.56 Å². The summed E-state index contributed by atoms with van der Waals surface area (Å²) < 4.78 is 6.46. The molecule has 0 aliphatic rings. The SMILES string of the molecule is COC(=O)c1cc(-c2ccc(Cl)cn2)cc(-n2nnnc2C(C)C)c1. The van der Waals surface area contributed by atoms with Gasteiger partial charge in [0.2, 0.25) is 0 Å². The zero-order chi connectivity index (χ0) is 18.0. The Morgan fingerprint density at radius 1 is 1.24 bits per heavy atom. The lowest BCUT2D eigenvalue weighted by molar-refractivity contribution is 0.0600. The number of benzene rings is 1. The van der Waals surface area contributed by atoms with Crippen LogP contribution < -0.4 is 0 Å². The van der Waals surface area contributed by atoms with Gasteiger partial charge in [-0.2, -0.15) is 4.68 Å². The number of hydrogen-bond donors (Lipinski definition) is 0. The molecule has 0 spiro atoms. The van der Waals surface area contributed by atoms with Gasteiger partial charge in [-0.3, -0.25) is 4.98 Å². The number of aromatic nitrogens is 5. The Balaban J connectivity index is 2.18. The molecule has 0 fully saturated rings. The van der Waals surface area contributed by atoms with E-state index in [-0.39, 0.29) is 5.92 Å². The normalized spacial score (nSPS) is 10.9. The molecule has 0 unspecified atom stereocenters. The predicted octanol–water partition coefficient (Wildman–Crippen LogP) is 3.29. The zero-order valence-corrected chi connectivity index (χ0v) is 14.7. The van der Waals surface area contributed by atoms with Crippen LogP contribution in [0.25, 0.3) is 16.9 Å². The van der Waals surface area contributed by atoms with Crippen molar-refractivity contribution in [2.75, 3.05) is 7.11 Å². The van der Waals surface area contributed by atoms with Gasteiger partial charge in [0.15, 0.2) is 5.82 Å². The van der Waals surface area contributed by atoms with Gasteiger partial charge in [-0.1, -0.05) is 25.4 Å².